The highest BCUT2D eigenvalue weighted by Gasteiger charge is 2.31. The summed E-state index contributed by atoms with van der Waals surface area (Å²) < 4.78 is 2.58. The van der Waals surface area contributed by atoms with Crippen LogP contribution in [0.2, 0.25) is 0 Å². The van der Waals surface area contributed by atoms with Gasteiger partial charge in [-0.1, -0.05) is 6.92 Å². The number of imidazole rings is 1. The Labute approximate surface area is 100 Å². The van der Waals surface area contributed by atoms with Crippen molar-refractivity contribution in [3.8, 4) is 0 Å². The molecule has 0 saturated carbocycles. The van der Waals surface area contributed by atoms with Gasteiger partial charge in [0.25, 0.3) is 0 Å². The lowest BCUT2D eigenvalue weighted by Crippen LogP contribution is -2.26. The van der Waals surface area contributed by atoms with Crippen LogP contribution in [0.4, 0.5) is 0 Å². The van der Waals surface area contributed by atoms with Crippen molar-refractivity contribution < 1.29 is 0 Å². The molecule has 2 heterocycles. The highest BCUT2D eigenvalue weighted by atomic mass is 32.2. The van der Waals surface area contributed by atoms with Gasteiger partial charge in [0.15, 0.2) is 0 Å². The lowest BCUT2D eigenvalue weighted by molar-refractivity contribution is 0.614. The van der Waals surface area contributed by atoms with E-state index >= 15 is 0 Å². The summed E-state index contributed by atoms with van der Waals surface area (Å²) in [5.41, 5.74) is 0. The Kier molecular flexibility index (Phi) is 3.67. The van der Waals surface area contributed by atoms with Crippen molar-refractivity contribution in [2.24, 2.45) is 0 Å². The molecule has 1 aromatic heterocycles. The number of hydrogen-bond acceptors (Lipinski definition) is 3. The second-order valence-electron chi connectivity index (χ2n) is 4.25. The van der Waals surface area contributed by atoms with Gasteiger partial charge in [-0.3, -0.25) is 0 Å². The van der Waals surface area contributed by atoms with Gasteiger partial charge in [-0.15, -0.1) is 23.5 Å². The Bertz CT molecular complexity index is 300. The highest BCUT2D eigenvalue weighted by Crippen LogP contribution is 2.47. The summed E-state index contributed by atoms with van der Waals surface area (Å²) in [6.45, 7) is 5.82. The number of aryl methyl sites for hydroxylation is 1. The van der Waals surface area contributed by atoms with Gasteiger partial charge in [0, 0.05) is 24.2 Å². The standard InChI is InChI=1S/C11H18N2S2/c1-10-3-8-14-11(2,15-10)4-6-13-7-5-12-9-13/h5,7,9-10H,3-4,6,8H2,1-2H3. The lowest BCUT2D eigenvalue weighted by Gasteiger charge is -2.36. The zero-order chi connectivity index (χ0) is 10.7. The van der Waals surface area contributed by atoms with Crippen LogP contribution in [0.1, 0.15) is 26.7 Å². The van der Waals surface area contributed by atoms with E-state index in [-0.39, 0.29) is 0 Å². The van der Waals surface area contributed by atoms with Gasteiger partial charge >= 0.3 is 0 Å². The Balaban J connectivity index is 1.87. The molecule has 15 heavy (non-hydrogen) atoms. The molecule has 0 aromatic carbocycles. The van der Waals surface area contributed by atoms with Crippen LogP contribution < -0.4 is 0 Å². The van der Waals surface area contributed by atoms with Crippen molar-refractivity contribution in [1.29, 1.82) is 0 Å². The van der Waals surface area contributed by atoms with Crippen LogP contribution in [0.25, 0.3) is 0 Å². The molecule has 1 aliphatic heterocycles. The van der Waals surface area contributed by atoms with Crippen LogP contribution in [0.5, 0.6) is 0 Å². The number of aromatic nitrogens is 2. The first-order valence-electron chi connectivity index (χ1n) is 5.45. The van der Waals surface area contributed by atoms with Crippen molar-refractivity contribution in [3.05, 3.63) is 18.7 Å². The lowest BCUT2D eigenvalue weighted by atomic mass is 10.3. The van der Waals surface area contributed by atoms with Crippen molar-refractivity contribution in [1.82, 2.24) is 9.55 Å². The van der Waals surface area contributed by atoms with Crippen molar-refractivity contribution in [2.75, 3.05) is 5.75 Å². The fraction of sp³-hybridized carbons (Fsp3) is 0.727. The van der Waals surface area contributed by atoms with Crippen LogP contribution in [-0.4, -0.2) is 24.6 Å². The molecule has 0 N–H and O–H groups in total. The van der Waals surface area contributed by atoms with Crippen molar-refractivity contribution in [3.63, 3.8) is 0 Å². The molecule has 1 aromatic rings. The third kappa shape index (κ3) is 3.18. The van der Waals surface area contributed by atoms with E-state index in [0.717, 1.165) is 11.8 Å². The maximum absolute atomic E-state index is 4.07. The molecule has 2 atom stereocenters. The van der Waals surface area contributed by atoms with E-state index in [0.29, 0.717) is 4.08 Å². The molecule has 2 rings (SSSR count). The molecule has 1 fully saturated rings. The topological polar surface area (TPSA) is 17.8 Å². The van der Waals surface area contributed by atoms with E-state index in [2.05, 4.69) is 46.9 Å². The summed E-state index contributed by atoms with van der Waals surface area (Å²) in [5, 5.41) is 0.819. The van der Waals surface area contributed by atoms with Crippen molar-refractivity contribution in [2.45, 2.75) is 42.6 Å². The summed E-state index contributed by atoms with van der Waals surface area (Å²) >= 11 is 4.26. The fourth-order valence-electron chi connectivity index (χ4n) is 1.84. The van der Waals surface area contributed by atoms with Crippen LogP contribution in [0, 0.1) is 0 Å². The molecule has 4 heteroatoms. The molecule has 2 unspecified atom stereocenters. The molecule has 1 saturated heterocycles. The number of thioether (sulfide) groups is 2. The van der Waals surface area contributed by atoms with E-state index in [1.165, 1.54) is 18.6 Å². The first-order chi connectivity index (χ1) is 7.18. The third-order valence-corrected chi connectivity index (χ3v) is 6.00. The Morgan fingerprint density at radius 2 is 2.47 bits per heavy atom. The minimum absolute atomic E-state index is 0.405. The Hall–Kier alpha value is -0.0900. The molecule has 2 nitrogen and oxygen atoms in total. The van der Waals surface area contributed by atoms with Crippen LogP contribution in [0.3, 0.4) is 0 Å². The predicted molar refractivity (Wildman–Crippen MR) is 69.4 cm³/mol. The fourth-order valence-corrected chi connectivity index (χ4v) is 5.44. The molecule has 84 valence electrons. The van der Waals surface area contributed by atoms with Gasteiger partial charge in [-0.2, -0.15) is 0 Å². The number of hydrogen-bond donors (Lipinski definition) is 0. The van der Waals surface area contributed by atoms with E-state index < -0.39 is 0 Å². The van der Waals surface area contributed by atoms with Gasteiger partial charge in [0.1, 0.15) is 0 Å². The predicted octanol–water partition coefficient (Wildman–Crippen LogP) is 3.25. The second kappa shape index (κ2) is 4.83. The average Bonchev–Trinajstić information content (AvgIpc) is 2.67. The van der Waals surface area contributed by atoms with Gasteiger partial charge in [0.2, 0.25) is 0 Å². The monoisotopic (exact) mass is 242 g/mol. The smallest absolute Gasteiger partial charge is 0.0945 e. The summed E-state index contributed by atoms with van der Waals surface area (Å²) in [6, 6.07) is 0. The van der Waals surface area contributed by atoms with Gasteiger partial charge in [-0.25, -0.2) is 4.98 Å². The van der Waals surface area contributed by atoms with E-state index in [4.69, 9.17) is 0 Å². The highest BCUT2D eigenvalue weighted by molar-refractivity contribution is 8.19. The molecule has 0 amide bonds. The number of rotatable bonds is 3. The first kappa shape index (κ1) is 11.4. The summed E-state index contributed by atoms with van der Waals surface area (Å²) in [4.78, 5) is 4.07. The van der Waals surface area contributed by atoms with Crippen LogP contribution in [0.15, 0.2) is 18.7 Å². The van der Waals surface area contributed by atoms with E-state index in [9.17, 15) is 0 Å². The molecule has 0 spiro atoms. The molecule has 1 aliphatic rings. The van der Waals surface area contributed by atoms with Gasteiger partial charge < -0.3 is 4.57 Å². The third-order valence-electron chi connectivity index (χ3n) is 2.77. The minimum atomic E-state index is 0.405. The van der Waals surface area contributed by atoms with Crippen molar-refractivity contribution >= 4 is 23.5 Å². The minimum Gasteiger partial charge on any atom is -0.337 e. The summed E-state index contributed by atoms with van der Waals surface area (Å²) in [7, 11) is 0. The largest absolute Gasteiger partial charge is 0.337 e. The maximum Gasteiger partial charge on any atom is 0.0945 e. The quantitative estimate of drug-likeness (QED) is 0.810. The van der Waals surface area contributed by atoms with Gasteiger partial charge in [0.05, 0.1) is 10.4 Å². The molecule has 0 aliphatic carbocycles. The first-order valence-corrected chi connectivity index (χ1v) is 7.32. The Morgan fingerprint density at radius 3 is 3.13 bits per heavy atom. The SMILES string of the molecule is CC1CCSC(C)(CCn2ccnc2)S1. The van der Waals surface area contributed by atoms with E-state index in [1.54, 1.807) is 0 Å². The summed E-state index contributed by atoms with van der Waals surface area (Å²) in [6.07, 6.45) is 8.39. The zero-order valence-electron chi connectivity index (χ0n) is 9.35. The van der Waals surface area contributed by atoms with Crippen LogP contribution in [-0.2, 0) is 6.54 Å². The maximum atomic E-state index is 4.07. The molecule has 0 radical (unpaired) electrons. The molecular formula is C11H18N2S2. The zero-order valence-corrected chi connectivity index (χ0v) is 11.0. The number of nitrogens with zero attached hydrogens (tertiary/aromatic N) is 2. The molecule has 0 bridgehead atoms. The van der Waals surface area contributed by atoms with Crippen LogP contribution >= 0.6 is 23.5 Å². The second-order valence-corrected chi connectivity index (χ2v) is 8.05. The summed E-state index contributed by atoms with van der Waals surface area (Å²) in [5.74, 6) is 1.31. The Morgan fingerprint density at radius 1 is 1.60 bits per heavy atom. The molecular weight excluding hydrogens is 224 g/mol. The van der Waals surface area contributed by atoms with E-state index in [1.807, 2.05) is 18.7 Å². The van der Waals surface area contributed by atoms with Gasteiger partial charge in [-0.05, 0) is 25.5 Å². The normalized spacial score (nSPS) is 31.7. The average molecular weight is 242 g/mol.